The Kier molecular flexibility index (Phi) is 5.52. The number of rotatable bonds is 5. The minimum absolute atomic E-state index is 0.188. The lowest BCUT2D eigenvalue weighted by molar-refractivity contribution is 0.101. The number of carbonyl (C=O) groups is 2. The summed E-state index contributed by atoms with van der Waals surface area (Å²) in [5.41, 5.74) is 3.24. The summed E-state index contributed by atoms with van der Waals surface area (Å²) in [6, 6.07) is 21.3. The number of carbonyl (C=O) groups excluding carboxylic acids is 2. The zero-order chi connectivity index (χ0) is 19.2. The topological polar surface area (TPSA) is 67.4 Å². The van der Waals surface area contributed by atoms with Gasteiger partial charge in [-0.3, -0.25) is 9.59 Å². The van der Waals surface area contributed by atoms with Crippen molar-refractivity contribution in [2.24, 2.45) is 0 Å². The molecule has 2 amide bonds. The Labute approximate surface area is 158 Å². The predicted octanol–water partition coefficient (Wildman–Crippen LogP) is 4.51. The Balaban J connectivity index is 1.70. The van der Waals surface area contributed by atoms with Crippen LogP contribution >= 0.6 is 0 Å². The van der Waals surface area contributed by atoms with Gasteiger partial charge >= 0.3 is 0 Å². The van der Waals surface area contributed by atoms with Crippen LogP contribution in [-0.4, -0.2) is 18.9 Å². The monoisotopic (exact) mass is 360 g/mol. The van der Waals surface area contributed by atoms with Crippen LogP contribution in [0.5, 0.6) is 5.75 Å². The van der Waals surface area contributed by atoms with E-state index < -0.39 is 0 Å². The van der Waals surface area contributed by atoms with E-state index in [9.17, 15) is 9.59 Å². The number of methoxy groups -OCH3 is 1. The van der Waals surface area contributed by atoms with Crippen molar-refractivity contribution < 1.29 is 14.3 Å². The molecule has 27 heavy (non-hydrogen) atoms. The molecular weight excluding hydrogens is 340 g/mol. The number of ether oxygens (including phenoxy) is 1. The Morgan fingerprint density at radius 3 is 2.04 bits per heavy atom. The number of anilines is 2. The molecule has 0 atom stereocenters. The maximum Gasteiger partial charge on any atom is 0.255 e. The van der Waals surface area contributed by atoms with Gasteiger partial charge in [0.05, 0.1) is 7.11 Å². The number of nitrogens with one attached hydrogen (secondary N) is 2. The van der Waals surface area contributed by atoms with Crippen LogP contribution in [0.3, 0.4) is 0 Å². The first kappa shape index (κ1) is 18.2. The van der Waals surface area contributed by atoms with Crippen molar-refractivity contribution >= 4 is 23.2 Å². The van der Waals surface area contributed by atoms with Crippen molar-refractivity contribution in [2.75, 3.05) is 17.7 Å². The number of benzene rings is 3. The van der Waals surface area contributed by atoms with E-state index >= 15 is 0 Å². The van der Waals surface area contributed by atoms with E-state index in [0.29, 0.717) is 28.3 Å². The molecule has 0 aliphatic heterocycles. The molecule has 0 saturated heterocycles. The van der Waals surface area contributed by atoms with Gasteiger partial charge in [-0.05, 0) is 61.0 Å². The summed E-state index contributed by atoms with van der Waals surface area (Å²) < 4.78 is 5.09. The molecule has 0 fully saturated rings. The second-order valence-corrected chi connectivity index (χ2v) is 6.03. The predicted molar refractivity (Wildman–Crippen MR) is 107 cm³/mol. The summed E-state index contributed by atoms with van der Waals surface area (Å²) in [5.74, 6) is 0.263. The number of amides is 2. The van der Waals surface area contributed by atoms with Crippen LogP contribution in [0.15, 0.2) is 72.8 Å². The van der Waals surface area contributed by atoms with Gasteiger partial charge in [-0.2, -0.15) is 0 Å². The fraction of sp³-hybridized carbons (Fsp3) is 0.0909. The third-order valence-corrected chi connectivity index (χ3v) is 4.12. The highest BCUT2D eigenvalue weighted by molar-refractivity contribution is 6.07. The third-order valence-electron chi connectivity index (χ3n) is 4.12. The first-order valence-corrected chi connectivity index (χ1v) is 8.49. The Morgan fingerprint density at radius 2 is 1.41 bits per heavy atom. The molecule has 0 unspecified atom stereocenters. The van der Waals surface area contributed by atoms with Crippen molar-refractivity contribution in [3.8, 4) is 5.75 Å². The fourth-order valence-electron chi connectivity index (χ4n) is 2.65. The summed E-state index contributed by atoms with van der Waals surface area (Å²) in [6.45, 7) is 1.89. The highest BCUT2D eigenvalue weighted by atomic mass is 16.5. The van der Waals surface area contributed by atoms with Gasteiger partial charge < -0.3 is 15.4 Å². The third kappa shape index (κ3) is 4.52. The summed E-state index contributed by atoms with van der Waals surface area (Å²) >= 11 is 0. The molecule has 3 rings (SSSR count). The molecule has 0 saturated carbocycles. The van der Waals surface area contributed by atoms with Crippen molar-refractivity contribution in [3.63, 3.8) is 0 Å². The zero-order valence-electron chi connectivity index (χ0n) is 15.2. The van der Waals surface area contributed by atoms with Gasteiger partial charge in [0, 0.05) is 22.5 Å². The van der Waals surface area contributed by atoms with Gasteiger partial charge in [0.25, 0.3) is 11.8 Å². The van der Waals surface area contributed by atoms with E-state index in [4.69, 9.17) is 4.74 Å². The number of hydrogen-bond acceptors (Lipinski definition) is 3. The fourth-order valence-corrected chi connectivity index (χ4v) is 2.65. The highest BCUT2D eigenvalue weighted by Crippen LogP contribution is 2.19. The average Bonchev–Trinajstić information content (AvgIpc) is 2.68. The minimum Gasteiger partial charge on any atom is -0.497 e. The van der Waals surface area contributed by atoms with E-state index in [1.165, 1.54) is 0 Å². The van der Waals surface area contributed by atoms with Crippen molar-refractivity contribution in [1.29, 1.82) is 0 Å². The molecular formula is C22H20N2O3. The maximum absolute atomic E-state index is 12.4. The molecule has 2 N–H and O–H groups in total. The van der Waals surface area contributed by atoms with Gasteiger partial charge in [-0.1, -0.05) is 24.3 Å². The molecule has 0 aliphatic rings. The molecule has 0 bridgehead atoms. The molecule has 3 aromatic carbocycles. The smallest absolute Gasteiger partial charge is 0.255 e. The highest BCUT2D eigenvalue weighted by Gasteiger charge is 2.10. The van der Waals surface area contributed by atoms with E-state index in [0.717, 1.165) is 5.56 Å². The van der Waals surface area contributed by atoms with Crippen LogP contribution < -0.4 is 15.4 Å². The first-order valence-electron chi connectivity index (χ1n) is 8.49. The summed E-state index contributed by atoms with van der Waals surface area (Å²) in [7, 11) is 1.58. The van der Waals surface area contributed by atoms with Crippen LogP contribution in [0.2, 0.25) is 0 Å². The molecule has 0 aromatic heterocycles. The second kappa shape index (κ2) is 8.19. The normalized spacial score (nSPS) is 10.1. The van der Waals surface area contributed by atoms with Gasteiger partial charge in [-0.15, -0.1) is 0 Å². The summed E-state index contributed by atoms with van der Waals surface area (Å²) in [4.78, 5) is 24.8. The van der Waals surface area contributed by atoms with Gasteiger partial charge in [0.15, 0.2) is 0 Å². The van der Waals surface area contributed by atoms with Crippen LogP contribution in [0.4, 0.5) is 11.4 Å². The second-order valence-electron chi connectivity index (χ2n) is 6.03. The lowest BCUT2D eigenvalue weighted by atomic mass is 10.1. The van der Waals surface area contributed by atoms with E-state index in [2.05, 4.69) is 10.6 Å². The lowest BCUT2D eigenvalue weighted by Gasteiger charge is -2.10. The molecule has 0 spiro atoms. The summed E-state index contributed by atoms with van der Waals surface area (Å²) in [5, 5.41) is 5.69. The van der Waals surface area contributed by atoms with E-state index in [1.807, 2.05) is 25.1 Å². The quantitative estimate of drug-likeness (QED) is 0.703. The van der Waals surface area contributed by atoms with E-state index in [-0.39, 0.29) is 11.8 Å². The molecule has 136 valence electrons. The molecule has 5 nitrogen and oxygen atoms in total. The zero-order valence-corrected chi connectivity index (χ0v) is 15.2. The lowest BCUT2D eigenvalue weighted by Crippen LogP contribution is -2.14. The molecule has 0 radical (unpaired) electrons. The Bertz CT molecular complexity index is 965. The SMILES string of the molecule is COc1ccc(C(=O)Nc2cccc(NC(=O)c3ccccc3C)c2)cc1. The van der Waals surface area contributed by atoms with Crippen LogP contribution in [-0.2, 0) is 0 Å². The van der Waals surface area contributed by atoms with Crippen molar-refractivity contribution in [3.05, 3.63) is 89.5 Å². The number of hydrogen-bond donors (Lipinski definition) is 2. The average molecular weight is 360 g/mol. The van der Waals surface area contributed by atoms with Crippen LogP contribution in [0.1, 0.15) is 26.3 Å². The van der Waals surface area contributed by atoms with Crippen LogP contribution in [0.25, 0.3) is 0 Å². The van der Waals surface area contributed by atoms with E-state index in [1.54, 1.807) is 61.7 Å². The van der Waals surface area contributed by atoms with Crippen LogP contribution in [0, 0.1) is 6.92 Å². The number of aryl methyl sites for hydroxylation is 1. The van der Waals surface area contributed by atoms with Gasteiger partial charge in [-0.25, -0.2) is 0 Å². The molecule has 5 heteroatoms. The molecule has 0 aliphatic carbocycles. The van der Waals surface area contributed by atoms with Gasteiger partial charge in [0.2, 0.25) is 0 Å². The first-order chi connectivity index (χ1) is 13.1. The maximum atomic E-state index is 12.4. The Morgan fingerprint density at radius 1 is 0.778 bits per heavy atom. The van der Waals surface area contributed by atoms with Crippen molar-refractivity contribution in [1.82, 2.24) is 0 Å². The largest absolute Gasteiger partial charge is 0.497 e. The Hall–Kier alpha value is -3.60. The van der Waals surface area contributed by atoms with Gasteiger partial charge in [0.1, 0.15) is 5.75 Å². The minimum atomic E-state index is -0.236. The standard InChI is InChI=1S/C22H20N2O3/c1-15-6-3-4-9-20(15)22(26)24-18-8-5-7-17(14-18)23-21(25)16-10-12-19(27-2)13-11-16/h3-14H,1-2H3,(H,23,25)(H,24,26). The van der Waals surface area contributed by atoms with Crippen molar-refractivity contribution in [2.45, 2.75) is 6.92 Å². The molecule has 0 heterocycles. The summed E-state index contributed by atoms with van der Waals surface area (Å²) in [6.07, 6.45) is 0. The molecule has 3 aromatic rings.